The van der Waals surface area contributed by atoms with Crippen molar-refractivity contribution in [3.05, 3.63) is 81.5 Å². The number of nitro benzene ring substituents is 1. The number of nitro groups is 1. The Hall–Kier alpha value is -3.72. The van der Waals surface area contributed by atoms with Crippen LogP contribution in [-0.2, 0) is 19.1 Å². The van der Waals surface area contributed by atoms with Gasteiger partial charge in [-0.2, -0.15) is 0 Å². The van der Waals surface area contributed by atoms with E-state index in [-0.39, 0.29) is 30.9 Å². The molecule has 0 aromatic heterocycles. The molecule has 0 unspecified atom stereocenters. The maximum atomic E-state index is 13.2. The molecule has 0 fully saturated rings. The van der Waals surface area contributed by atoms with E-state index in [4.69, 9.17) is 9.47 Å². The number of non-ortho nitro benzene ring substituents is 1. The van der Waals surface area contributed by atoms with E-state index in [0.717, 1.165) is 0 Å². The van der Waals surface area contributed by atoms with Crippen LogP contribution < -0.4 is 5.32 Å². The van der Waals surface area contributed by atoms with E-state index >= 15 is 0 Å². The third-order valence-corrected chi connectivity index (χ3v) is 5.74. The van der Waals surface area contributed by atoms with E-state index < -0.39 is 34.3 Å². The highest BCUT2D eigenvalue weighted by atomic mass is 16.6. The third kappa shape index (κ3) is 5.26. The molecule has 9 nitrogen and oxygen atoms in total. The molecular weight excluding hydrogens is 440 g/mol. The van der Waals surface area contributed by atoms with Gasteiger partial charge in [-0.25, -0.2) is 4.79 Å². The zero-order valence-corrected chi connectivity index (χ0v) is 19.3. The number of ether oxygens (including phenoxy) is 2. The van der Waals surface area contributed by atoms with Crippen molar-refractivity contribution in [3.8, 4) is 0 Å². The van der Waals surface area contributed by atoms with Crippen LogP contribution in [0.4, 0.5) is 11.4 Å². The Morgan fingerprint density at radius 1 is 1.09 bits per heavy atom. The Labute approximate surface area is 197 Å². The van der Waals surface area contributed by atoms with E-state index in [2.05, 4.69) is 5.32 Å². The first-order valence-corrected chi connectivity index (χ1v) is 11.0. The molecule has 3 atom stereocenters. The Morgan fingerprint density at radius 3 is 2.26 bits per heavy atom. The number of para-hydroxylation sites is 1. The fourth-order valence-corrected chi connectivity index (χ4v) is 4.33. The Kier molecular flexibility index (Phi) is 7.68. The molecular formula is C25H28N2O7. The second-order valence-corrected chi connectivity index (χ2v) is 8.19. The molecule has 1 aliphatic carbocycles. The quantitative estimate of drug-likeness (QED) is 0.339. The molecule has 2 aromatic carbocycles. The SMILES string of the molecule is CCOC(=O)C1=C(Nc2ccccc2)C[C@@](C)(O)[C@@H](C(=O)OCC)[C@@H]1c1ccc([N+](=O)[O-])cc1. The van der Waals surface area contributed by atoms with Gasteiger partial charge in [-0.05, 0) is 38.5 Å². The van der Waals surface area contributed by atoms with Gasteiger partial charge in [-0.3, -0.25) is 14.9 Å². The molecule has 0 saturated heterocycles. The molecule has 3 rings (SSSR count). The topological polar surface area (TPSA) is 128 Å². The number of rotatable bonds is 8. The van der Waals surface area contributed by atoms with Crippen LogP contribution >= 0.6 is 0 Å². The fraction of sp³-hybridized carbons (Fsp3) is 0.360. The van der Waals surface area contributed by atoms with Crippen LogP contribution in [0.2, 0.25) is 0 Å². The predicted octanol–water partition coefficient (Wildman–Crippen LogP) is 3.94. The lowest BCUT2D eigenvalue weighted by Gasteiger charge is -2.43. The summed E-state index contributed by atoms with van der Waals surface area (Å²) >= 11 is 0. The summed E-state index contributed by atoms with van der Waals surface area (Å²) in [6.07, 6.45) is -0.0387. The number of nitrogens with one attached hydrogen (secondary N) is 1. The van der Waals surface area contributed by atoms with Gasteiger partial charge in [0.1, 0.15) is 0 Å². The second kappa shape index (κ2) is 10.5. The number of carbonyl (C=O) groups is 2. The van der Waals surface area contributed by atoms with Gasteiger partial charge >= 0.3 is 11.9 Å². The minimum Gasteiger partial charge on any atom is -0.466 e. The molecule has 0 amide bonds. The van der Waals surface area contributed by atoms with E-state index in [1.54, 1.807) is 13.8 Å². The number of hydrogen-bond donors (Lipinski definition) is 2. The van der Waals surface area contributed by atoms with Gasteiger partial charge in [-0.1, -0.05) is 30.3 Å². The number of benzene rings is 2. The maximum Gasteiger partial charge on any atom is 0.336 e. The molecule has 2 aromatic rings. The first-order valence-electron chi connectivity index (χ1n) is 11.0. The Bertz CT molecular complexity index is 1080. The van der Waals surface area contributed by atoms with E-state index in [1.807, 2.05) is 30.3 Å². The summed E-state index contributed by atoms with van der Waals surface area (Å²) in [5.41, 5.74) is -0.0246. The summed E-state index contributed by atoms with van der Waals surface area (Å²) in [6, 6.07) is 14.7. The number of nitrogens with zero attached hydrogens (tertiary/aromatic N) is 1. The number of anilines is 1. The Morgan fingerprint density at radius 2 is 1.71 bits per heavy atom. The summed E-state index contributed by atoms with van der Waals surface area (Å²) in [7, 11) is 0. The molecule has 180 valence electrons. The smallest absolute Gasteiger partial charge is 0.336 e. The highest BCUT2D eigenvalue weighted by molar-refractivity contribution is 5.94. The average molecular weight is 469 g/mol. The van der Waals surface area contributed by atoms with Gasteiger partial charge in [0.25, 0.3) is 5.69 Å². The second-order valence-electron chi connectivity index (χ2n) is 8.19. The van der Waals surface area contributed by atoms with Crippen molar-refractivity contribution in [1.29, 1.82) is 0 Å². The van der Waals surface area contributed by atoms with Crippen LogP contribution in [0.5, 0.6) is 0 Å². The normalized spacial score (nSPS) is 22.1. The van der Waals surface area contributed by atoms with Gasteiger partial charge in [-0.15, -0.1) is 0 Å². The summed E-state index contributed by atoms with van der Waals surface area (Å²) < 4.78 is 10.6. The molecule has 34 heavy (non-hydrogen) atoms. The standard InChI is InChI=1S/C25H28N2O7/c1-4-33-23(28)21-19(26-17-9-7-6-8-10-17)15-25(3,30)22(24(29)34-5-2)20(21)16-11-13-18(14-12-16)27(31)32/h6-14,20,22,26,30H,4-5,15H2,1-3H3/t20-,22-,25-/m1/s1. The average Bonchev–Trinajstić information content (AvgIpc) is 2.79. The van der Waals surface area contributed by atoms with E-state index in [0.29, 0.717) is 16.9 Å². The van der Waals surface area contributed by atoms with Crippen molar-refractivity contribution in [1.82, 2.24) is 0 Å². The van der Waals surface area contributed by atoms with E-state index in [9.17, 15) is 24.8 Å². The van der Waals surface area contributed by atoms with Crippen molar-refractivity contribution < 1.29 is 29.1 Å². The van der Waals surface area contributed by atoms with Crippen LogP contribution in [0.25, 0.3) is 0 Å². The Balaban J connectivity index is 2.24. The lowest BCUT2D eigenvalue weighted by Crippen LogP contribution is -2.49. The van der Waals surface area contributed by atoms with Gasteiger partial charge in [0.05, 0.1) is 35.2 Å². The first-order chi connectivity index (χ1) is 16.2. The highest BCUT2D eigenvalue weighted by Gasteiger charge is 2.52. The van der Waals surface area contributed by atoms with Crippen LogP contribution in [-0.4, -0.2) is 40.8 Å². The number of aliphatic hydroxyl groups is 1. The zero-order chi connectivity index (χ0) is 24.9. The van der Waals surface area contributed by atoms with Crippen molar-refractivity contribution >= 4 is 23.3 Å². The summed E-state index contributed by atoms with van der Waals surface area (Å²) in [5, 5.41) is 25.8. The lowest BCUT2D eigenvalue weighted by atomic mass is 9.65. The van der Waals surface area contributed by atoms with Gasteiger partial charge in [0, 0.05) is 35.9 Å². The molecule has 0 heterocycles. The minimum atomic E-state index is -1.59. The first kappa shape index (κ1) is 24.9. The van der Waals surface area contributed by atoms with Crippen molar-refractivity contribution in [2.24, 2.45) is 5.92 Å². The monoisotopic (exact) mass is 468 g/mol. The molecule has 0 radical (unpaired) electrons. The van der Waals surface area contributed by atoms with E-state index in [1.165, 1.54) is 31.2 Å². The van der Waals surface area contributed by atoms with Gasteiger partial charge < -0.3 is 19.9 Å². The van der Waals surface area contributed by atoms with Crippen molar-refractivity contribution in [2.45, 2.75) is 38.7 Å². The number of carbonyl (C=O) groups excluding carboxylic acids is 2. The lowest BCUT2D eigenvalue weighted by molar-refractivity contribution is -0.384. The molecule has 2 N–H and O–H groups in total. The van der Waals surface area contributed by atoms with Crippen molar-refractivity contribution in [2.75, 3.05) is 18.5 Å². The van der Waals surface area contributed by atoms with Gasteiger partial charge in [0.15, 0.2) is 0 Å². The molecule has 0 aliphatic heterocycles. The molecule has 0 spiro atoms. The van der Waals surface area contributed by atoms with Crippen LogP contribution in [0, 0.1) is 16.0 Å². The van der Waals surface area contributed by atoms with Crippen LogP contribution in [0.3, 0.4) is 0 Å². The summed E-state index contributed by atoms with van der Waals surface area (Å²) in [4.78, 5) is 36.9. The van der Waals surface area contributed by atoms with Crippen molar-refractivity contribution in [3.63, 3.8) is 0 Å². The maximum absolute atomic E-state index is 13.2. The predicted molar refractivity (Wildman–Crippen MR) is 125 cm³/mol. The van der Waals surface area contributed by atoms with Crippen LogP contribution in [0.1, 0.15) is 38.7 Å². The number of esters is 2. The molecule has 0 saturated carbocycles. The largest absolute Gasteiger partial charge is 0.466 e. The fourth-order valence-electron chi connectivity index (χ4n) is 4.33. The minimum absolute atomic E-state index is 0.0387. The summed E-state index contributed by atoms with van der Waals surface area (Å²) in [5.74, 6) is -3.42. The third-order valence-electron chi connectivity index (χ3n) is 5.74. The molecule has 0 bridgehead atoms. The molecule has 1 aliphatic rings. The van der Waals surface area contributed by atoms with Crippen LogP contribution in [0.15, 0.2) is 65.9 Å². The van der Waals surface area contributed by atoms with Gasteiger partial charge in [0.2, 0.25) is 0 Å². The summed E-state index contributed by atoms with van der Waals surface area (Å²) in [6.45, 7) is 5.04. The zero-order valence-electron chi connectivity index (χ0n) is 19.3. The molecule has 9 heteroatoms. The number of hydrogen-bond acceptors (Lipinski definition) is 8. The highest BCUT2D eigenvalue weighted by Crippen LogP contribution is 2.48.